The molecule has 1 aromatic heterocycles. The van der Waals surface area contributed by atoms with Gasteiger partial charge in [-0.3, -0.25) is 4.79 Å². The summed E-state index contributed by atoms with van der Waals surface area (Å²) in [6, 6.07) is 0. The SMILES string of the molecule is COC(=O)c1c(N(C)CC2CC2)sc(C(=O)N(C)C)c1N. The largest absolute Gasteiger partial charge is 0.465 e. The fourth-order valence-corrected chi connectivity index (χ4v) is 3.33. The number of nitrogens with zero attached hydrogens (tertiary/aromatic N) is 2. The number of nitrogens with two attached hydrogens (primary N) is 1. The lowest BCUT2D eigenvalue weighted by Crippen LogP contribution is -2.22. The minimum atomic E-state index is -0.501. The van der Waals surface area contributed by atoms with E-state index in [1.165, 1.54) is 36.2 Å². The fourth-order valence-electron chi connectivity index (χ4n) is 2.13. The zero-order chi connectivity index (χ0) is 15.7. The molecule has 1 fully saturated rings. The van der Waals surface area contributed by atoms with Crippen LogP contribution in [0.3, 0.4) is 0 Å². The Kier molecular flexibility index (Phi) is 4.41. The number of hydrogen-bond acceptors (Lipinski definition) is 6. The summed E-state index contributed by atoms with van der Waals surface area (Å²) >= 11 is 1.25. The number of carbonyl (C=O) groups is 2. The van der Waals surface area contributed by atoms with Crippen molar-refractivity contribution in [3.63, 3.8) is 0 Å². The molecule has 0 unspecified atom stereocenters. The Hall–Kier alpha value is -1.76. The maximum Gasteiger partial charge on any atom is 0.343 e. The molecule has 0 bridgehead atoms. The van der Waals surface area contributed by atoms with Crippen LogP contribution in [0.1, 0.15) is 32.9 Å². The molecule has 1 aromatic rings. The van der Waals surface area contributed by atoms with Crippen molar-refractivity contribution in [2.24, 2.45) is 5.92 Å². The third-order valence-electron chi connectivity index (χ3n) is 3.49. The predicted octanol–water partition coefficient (Wildman–Crippen LogP) is 1.66. The molecule has 0 aromatic carbocycles. The van der Waals surface area contributed by atoms with Crippen molar-refractivity contribution >= 4 is 33.9 Å². The second-order valence-corrected chi connectivity index (χ2v) is 6.54. The Balaban J connectivity index is 2.43. The number of hydrogen-bond donors (Lipinski definition) is 1. The molecule has 21 heavy (non-hydrogen) atoms. The van der Waals surface area contributed by atoms with Gasteiger partial charge < -0.3 is 20.3 Å². The predicted molar refractivity (Wildman–Crippen MR) is 84.1 cm³/mol. The van der Waals surface area contributed by atoms with Gasteiger partial charge in [-0.05, 0) is 18.8 Å². The lowest BCUT2D eigenvalue weighted by atomic mass is 10.2. The number of ether oxygens (including phenoxy) is 1. The molecule has 0 saturated heterocycles. The highest BCUT2D eigenvalue weighted by Crippen LogP contribution is 2.40. The number of esters is 1. The van der Waals surface area contributed by atoms with Gasteiger partial charge in [0.05, 0.1) is 12.8 Å². The van der Waals surface area contributed by atoms with Gasteiger partial charge in [-0.25, -0.2) is 4.79 Å². The average molecular weight is 311 g/mol. The number of methoxy groups -OCH3 is 1. The molecule has 0 aliphatic heterocycles. The van der Waals surface area contributed by atoms with E-state index < -0.39 is 5.97 Å². The monoisotopic (exact) mass is 311 g/mol. The van der Waals surface area contributed by atoms with E-state index in [1.807, 2.05) is 11.9 Å². The first-order valence-electron chi connectivity index (χ1n) is 6.80. The van der Waals surface area contributed by atoms with E-state index in [2.05, 4.69) is 0 Å². The van der Waals surface area contributed by atoms with Crippen molar-refractivity contribution in [3.8, 4) is 0 Å². The zero-order valence-electron chi connectivity index (χ0n) is 12.8. The third-order valence-corrected chi connectivity index (χ3v) is 4.80. The molecule has 1 aliphatic rings. The van der Waals surface area contributed by atoms with Gasteiger partial charge in [0.15, 0.2) is 0 Å². The van der Waals surface area contributed by atoms with Crippen LogP contribution in [0.2, 0.25) is 0 Å². The van der Waals surface area contributed by atoms with Crippen LogP contribution in [-0.4, -0.2) is 51.6 Å². The Labute approximate surface area is 128 Å². The van der Waals surface area contributed by atoms with Crippen LogP contribution in [0.15, 0.2) is 0 Å². The Morgan fingerprint density at radius 3 is 2.43 bits per heavy atom. The maximum absolute atomic E-state index is 12.2. The van der Waals surface area contributed by atoms with Gasteiger partial charge >= 0.3 is 5.97 Å². The van der Waals surface area contributed by atoms with Gasteiger partial charge in [-0.1, -0.05) is 0 Å². The van der Waals surface area contributed by atoms with Crippen molar-refractivity contribution in [2.75, 3.05) is 45.4 Å². The summed E-state index contributed by atoms with van der Waals surface area (Å²) in [4.78, 5) is 28.0. The van der Waals surface area contributed by atoms with Crippen LogP contribution >= 0.6 is 11.3 Å². The molecular weight excluding hydrogens is 290 g/mol. The van der Waals surface area contributed by atoms with Crippen LogP contribution in [0.5, 0.6) is 0 Å². The summed E-state index contributed by atoms with van der Waals surface area (Å²) in [5.41, 5.74) is 6.55. The summed E-state index contributed by atoms with van der Waals surface area (Å²) in [6.07, 6.45) is 2.42. The molecule has 0 radical (unpaired) electrons. The highest BCUT2D eigenvalue weighted by molar-refractivity contribution is 7.19. The van der Waals surface area contributed by atoms with Crippen LogP contribution in [0.4, 0.5) is 10.7 Å². The lowest BCUT2D eigenvalue weighted by Gasteiger charge is -2.18. The van der Waals surface area contributed by atoms with Crippen LogP contribution in [-0.2, 0) is 4.74 Å². The van der Waals surface area contributed by atoms with E-state index in [4.69, 9.17) is 10.5 Å². The van der Waals surface area contributed by atoms with Gasteiger partial charge in [0.1, 0.15) is 15.4 Å². The van der Waals surface area contributed by atoms with E-state index in [1.54, 1.807) is 14.1 Å². The smallest absolute Gasteiger partial charge is 0.343 e. The van der Waals surface area contributed by atoms with Crippen molar-refractivity contribution in [1.82, 2.24) is 4.90 Å². The first-order valence-corrected chi connectivity index (χ1v) is 7.61. The number of carbonyl (C=O) groups excluding carboxylic acids is 2. The summed E-state index contributed by atoms with van der Waals surface area (Å²) in [5.74, 6) is -0.0373. The van der Waals surface area contributed by atoms with E-state index >= 15 is 0 Å². The van der Waals surface area contributed by atoms with Crippen molar-refractivity contribution in [1.29, 1.82) is 0 Å². The van der Waals surface area contributed by atoms with Gasteiger partial charge in [-0.2, -0.15) is 0 Å². The first kappa shape index (κ1) is 15.6. The molecule has 7 heteroatoms. The number of nitrogen functional groups attached to an aromatic ring is 1. The second kappa shape index (κ2) is 5.93. The highest BCUT2D eigenvalue weighted by Gasteiger charge is 2.31. The van der Waals surface area contributed by atoms with Crippen molar-refractivity contribution in [2.45, 2.75) is 12.8 Å². The molecule has 2 rings (SSSR count). The summed E-state index contributed by atoms with van der Waals surface area (Å²) in [7, 11) is 6.55. The fraction of sp³-hybridized carbons (Fsp3) is 0.571. The lowest BCUT2D eigenvalue weighted by molar-refractivity contribution is 0.0603. The third kappa shape index (κ3) is 3.12. The number of anilines is 2. The maximum atomic E-state index is 12.2. The van der Waals surface area contributed by atoms with Crippen LogP contribution in [0, 0.1) is 5.92 Å². The average Bonchev–Trinajstić information content (AvgIpc) is 3.18. The normalized spacial score (nSPS) is 13.9. The van der Waals surface area contributed by atoms with Crippen molar-refractivity contribution in [3.05, 3.63) is 10.4 Å². The molecule has 1 heterocycles. The molecular formula is C14H21N3O3S. The van der Waals surface area contributed by atoms with Crippen LogP contribution < -0.4 is 10.6 Å². The Morgan fingerprint density at radius 2 is 1.95 bits per heavy atom. The Bertz CT molecular complexity index is 564. The first-order chi connectivity index (χ1) is 9.86. The van der Waals surface area contributed by atoms with Gasteiger partial charge in [0.25, 0.3) is 5.91 Å². The summed E-state index contributed by atoms with van der Waals surface area (Å²) in [5, 5.41) is 0.705. The Morgan fingerprint density at radius 1 is 1.33 bits per heavy atom. The van der Waals surface area contributed by atoms with Crippen molar-refractivity contribution < 1.29 is 14.3 Å². The van der Waals surface area contributed by atoms with E-state index in [0.717, 1.165) is 6.54 Å². The molecule has 6 nitrogen and oxygen atoms in total. The topological polar surface area (TPSA) is 75.9 Å². The number of amides is 1. The van der Waals surface area contributed by atoms with Crippen LogP contribution in [0.25, 0.3) is 0 Å². The minimum absolute atomic E-state index is 0.200. The number of thiophene rings is 1. The van der Waals surface area contributed by atoms with Gasteiger partial charge in [-0.15, -0.1) is 11.3 Å². The highest BCUT2D eigenvalue weighted by atomic mass is 32.1. The minimum Gasteiger partial charge on any atom is -0.465 e. The molecule has 1 aliphatic carbocycles. The summed E-state index contributed by atoms with van der Waals surface area (Å²) < 4.78 is 4.82. The van der Waals surface area contributed by atoms with Gasteiger partial charge in [0, 0.05) is 27.7 Å². The van der Waals surface area contributed by atoms with Gasteiger partial charge in [0.2, 0.25) is 0 Å². The quantitative estimate of drug-likeness (QED) is 0.837. The standard InChI is InChI=1S/C14H21N3O3S/c1-16(2)12(18)11-10(15)9(14(19)20-4)13(21-11)17(3)7-8-5-6-8/h8H,5-7,15H2,1-4H3. The van der Waals surface area contributed by atoms with E-state index in [-0.39, 0.29) is 11.6 Å². The molecule has 0 atom stereocenters. The molecule has 0 spiro atoms. The van der Waals surface area contributed by atoms with E-state index in [0.29, 0.717) is 21.4 Å². The zero-order valence-corrected chi connectivity index (χ0v) is 13.6. The second-order valence-electron chi connectivity index (χ2n) is 5.54. The molecule has 1 amide bonds. The van der Waals surface area contributed by atoms with E-state index in [9.17, 15) is 9.59 Å². The molecule has 116 valence electrons. The molecule has 1 saturated carbocycles. The molecule has 2 N–H and O–H groups in total. The number of rotatable bonds is 5. The summed E-state index contributed by atoms with van der Waals surface area (Å²) in [6.45, 7) is 0.861.